The number of anilines is 3. The Labute approximate surface area is 267 Å². The molecular weight excluding hydrogens is 563 g/mol. The van der Waals surface area contributed by atoms with Crippen molar-refractivity contribution in [3.05, 3.63) is 163 Å². The lowest BCUT2D eigenvalue weighted by molar-refractivity contribution is 0.666. The molecule has 1 aliphatic rings. The van der Waals surface area contributed by atoms with Crippen LogP contribution < -0.4 is 4.90 Å². The highest BCUT2D eigenvalue weighted by Crippen LogP contribution is 2.56. The Balaban J connectivity index is 1.27. The van der Waals surface area contributed by atoms with Crippen LogP contribution >= 0.6 is 11.3 Å². The van der Waals surface area contributed by atoms with Gasteiger partial charge in [0, 0.05) is 42.5 Å². The fourth-order valence-corrected chi connectivity index (χ4v) is 8.82. The number of rotatable bonds is 4. The van der Waals surface area contributed by atoms with Crippen molar-refractivity contribution in [1.29, 1.82) is 0 Å². The highest BCUT2D eigenvalue weighted by atomic mass is 32.1. The molecule has 0 amide bonds. The zero-order chi connectivity index (χ0) is 30.1. The molecular formula is C43H31NS. The molecule has 2 heteroatoms. The molecule has 0 radical (unpaired) electrons. The van der Waals surface area contributed by atoms with Gasteiger partial charge in [-0.15, -0.1) is 11.3 Å². The lowest BCUT2D eigenvalue weighted by atomic mass is 9.80. The molecule has 1 aromatic heterocycles. The first-order chi connectivity index (χ1) is 22.1. The molecule has 7 aromatic carbocycles. The van der Waals surface area contributed by atoms with E-state index in [1.54, 1.807) is 0 Å². The predicted molar refractivity (Wildman–Crippen MR) is 195 cm³/mol. The van der Waals surface area contributed by atoms with Crippen molar-refractivity contribution < 1.29 is 0 Å². The lowest BCUT2D eigenvalue weighted by Crippen LogP contribution is -2.16. The van der Waals surface area contributed by atoms with Gasteiger partial charge in [-0.05, 0) is 75.0 Å². The molecule has 0 aliphatic heterocycles. The lowest BCUT2D eigenvalue weighted by Gasteiger charge is -2.30. The van der Waals surface area contributed by atoms with E-state index in [-0.39, 0.29) is 5.41 Å². The molecule has 0 spiro atoms. The molecule has 0 fully saturated rings. The minimum Gasteiger partial charge on any atom is -0.310 e. The average molecular weight is 594 g/mol. The van der Waals surface area contributed by atoms with Gasteiger partial charge in [0.1, 0.15) is 0 Å². The molecule has 0 N–H and O–H groups in total. The molecule has 0 unspecified atom stereocenters. The van der Waals surface area contributed by atoms with Gasteiger partial charge >= 0.3 is 0 Å². The van der Waals surface area contributed by atoms with E-state index in [2.05, 4.69) is 170 Å². The summed E-state index contributed by atoms with van der Waals surface area (Å²) < 4.78 is 2.68. The second-order valence-electron chi connectivity index (χ2n) is 12.5. The summed E-state index contributed by atoms with van der Waals surface area (Å²) in [5, 5.41) is 5.26. The Morgan fingerprint density at radius 3 is 2.02 bits per heavy atom. The molecule has 0 saturated heterocycles. The Morgan fingerprint density at radius 1 is 0.533 bits per heavy atom. The average Bonchev–Trinajstić information content (AvgIpc) is 3.59. The molecule has 1 nitrogen and oxygen atoms in total. The zero-order valence-corrected chi connectivity index (χ0v) is 26.1. The van der Waals surface area contributed by atoms with E-state index in [9.17, 15) is 0 Å². The first-order valence-corrected chi connectivity index (χ1v) is 16.4. The van der Waals surface area contributed by atoms with Gasteiger partial charge in [0.25, 0.3) is 0 Å². The normalized spacial score (nSPS) is 13.3. The Morgan fingerprint density at radius 2 is 1.18 bits per heavy atom. The topological polar surface area (TPSA) is 3.24 Å². The number of fused-ring (bicyclic) bond motifs is 8. The van der Waals surface area contributed by atoms with Gasteiger partial charge in [-0.1, -0.05) is 129 Å². The summed E-state index contributed by atoms with van der Waals surface area (Å²) in [5.41, 5.74) is 11.4. The quantitative estimate of drug-likeness (QED) is 0.196. The maximum absolute atomic E-state index is 2.45. The van der Waals surface area contributed by atoms with Gasteiger partial charge in [0.15, 0.2) is 0 Å². The van der Waals surface area contributed by atoms with Gasteiger partial charge < -0.3 is 4.90 Å². The molecule has 1 aliphatic carbocycles. The summed E-state index contributed by atoms with van der Waals surface area (Å²) in [6.07, 6.45) is 0. The van der Waals surface area contributed by atoms with Gasteiger partial charge in [-0.2, -0.15) is 0 Å². The van der Waals surface area contributed by atoms with Gasteiger partial charge in [0.2, 0.25) is 0 Å². The molecule has 0 bridgehead atoms. The molecule has 45 heavy (non-hydrogen) atoms. The maximum atomic E-state index is 2.45. The number of nitrogens with zero attached hydrogens (tertiary/aromatic N) is 1. The van der Waals surface area contributed by atoms with Crippen LogP contribution in [0.2, 0.25) is 0 Å². The van der Waals surface area contributed by atoms with Crippen molar-refractivity contribution in [2.75, 3.05) is 4.90 Å². The van der Waals surface area contributed by atoms with Gasteiger partial charge in [-0.25, -0.2) is 0 Å². The predicted octanol–water partition coefficient (Wildman–Crippen LogP) is 12.7. The van der Waals surface area contributed by atoms with E-state index in [1.807, 2.05) is 11.3 Å². The minimum absolute atomic E-state index is 0.114. The third-order valence-electron chi connectivity index (χ3n) is 9.62. The van der Waals surface area contributed by atoms with Crippen molar-refractivity contribution in [1.82, 2.24) is 0 Å². The minimum atomic E-state index is -0.114. The second kappa shape index (κ2) is 9.92. The van der Waals surface area contributed by atoms with E-state index in [1.165, 1.54) is 70.0 Å². The Kier molecular flexibility index (Phi) is 5.78. The largest absolute Gasteiger partial charge is 0.310 e. The van der Waals surface area contributed by atoms with E-state index >= 15 is 0 Å². The summed E-state index contributed by atoms with van der Waals surface area (Å²) in [6.45, 7) is 4.76. The number of para-hydroxylation sites is 1. The summed E-state index contributed by atoms with van der Waals surface area (Å²) in [6, 6.07) is 55.7. The number of hydrogen-bond donors (Lipinski definition) is 0. The fourth-order valence-electron chi connectivity index (χ4n) is 7.58. The molecule has 8 aromatic rings. The first-order valence-electron chi connectivity index (χ1n) is 15.6. The van der Waals surface area contributed by atoms with E-state index in [4.69, 9.17) is 0 Å². The number of thiophene rings is 1. The van der Waals surface area contributed by atoms with Crippen LogP contribution in [0.25, 0.3) is 53.2 Å². The zero-order valence-electron chi connectivity index (χ0n) is 25.3. The molecule has 0 atom stereocenters. The molecule has 9 rings (SSSR count). The van der Waals surface area contributed by atoms with Crippen molar-refractivity contribution in [2.45, 2.75) is 19.3 Å². The number of hydrogen-bond acceptors (Lipinski definition) is 2. The number of benzene rings is 7. The highest BCUT2D eigenvalue weighted by molar-refractivity contribution is 7.26. The van der Waals surface area contributed by atoms with Gasteiger partial charge in [0.05, 0.1) is 5.69 Å². The standard InChI is InChI=1S/C43H31NS/c1-43(2)37-21-10-8-18-36(37)40-38(27-29-13-6-7-16-32(29)41(40)43)44(30-14-4-3-5-15-30)31-25-23-28(24-26-31)33-19-12-20-35-34-17-9-11-22-39(34)45-42(33)35/h3-27H,1-2H3. The van der Waals surface area contributed by atoms with Crippen LogP contribution in [0, 0.1) is 0 Å². The summed E-state index contributed by atoms with van der Waals surface area (Å²) in [7, 11) is 0. The van der Waals surface area contributed by atoms with Crippen LogP contribution in [-0.4, -0.2) is 0 Å². The Bertz CT molecular complexity index is 2400. The van der Waals surface area contributed by atoms with Crippen LogP contribution in [0.4, 0.5) is 17.1 Å². The van der Waals surface area contributed by atoms with Crippen molar-refractivity contribution in [3.8, 4) is 22.3 Å². The van der Waals surface area contributed by atoms with E-state index < -0.39 is 0 Å². The van der Waals surface area contributed by atoms with Crippen molar-refractivity contribution in [2.24, 2.45) is 0 Å². The summed E-state index contributed by atoms with van der Waals surface area (Å²) in [4.78, 5) is 2.45. The van der Waals surface area contributed by atoms with Crippen LogP contribution in [-0.2, 0) is 5.41 Å². The summed E-state index contributed by atoms with van der Waals surface area (Å²) >= 11 is 1.88. The molecule has 214 valence electrons. The van der Waals surface area contributed by atoms with Crippen LogP contribution in [0.1, 0.15) is 25.0 Å². The smallest absolute Gasteiger partial charge is 0.0549 e. The maximum Gasteiger partial charge on any atom is 0.0549 e. The van der Waals surface area contributed by atoms with E-state index in [0.717, 1.165) is 11.4 Å². The Hall–Kier alpha value is -5.18. The third kappa shape index (κ3) is 3.92. The van der Waals surface area contributed by atoms with Crippen molar-refractivity contribution in [3.63, 3.8) is 0 Å². The van der Waals surface area contributed by atoms with Gasteiger partial charge in [-0.3, -0.25) is 0 Å². The molecule has 0 saturated carbocycles. The summed E-state index contributed by atoms with van der Waals surface area (Å²) in [5.74, 6) is 0. The van der Waals surface area contributed by atoms with Crippen LogP contribution in [0.5, 0.6) is 0 Å². The van der Waals surface area contributed by atoms with Crippen LogP contribution in [0.15, 0.2) is 152 Å². The monoisotopic (exact) mass is 593 g/mol. The fraction of sp³-hybridized carbons (Fsp3) is 0.0698. The van der Waals surface area contributed by atoms with Crippen molar-refractivity contribution >= 4 is 59.3 Å². The molecule has 1 heterocycles. The first kappa shape index (κ1) is 26.2. The van der Waals surface area contributed by atoms with Crippen LogP contribution in [0.3, 0.4) is 0 Å². The highest BCUT2D eigenvalue weighted by Gasteiger charge is 2.39. The second-order valence-corrected chi connectivity index (χ2v) is 13.6. The van der Waals surface area contributed by atoms with E-state index in [0.29, 0.717) is 0 Å². The third-order valence-corrected chi connectivity index (χ3v) is 10.8. The SMILES string of the molecule is CC1(C)c2ccccc2-c2c(N(c3ccccc3)c3ccc(-c4cccc5c4sc4ccccc45)cc3)cc3ccccc3c21.